The Kier molecular flexibility index (Phi) is 4.05. The zero-order valence-corrected chi connectivity index (χ0v) is 13.4. The number of aromatic nitrogens is 3. The number of aromatic hydroxyl groups is 1. The van der Waals surface area contributed by atoms with E-state index in [0.717, 1.165) is 11.6 Å². The third-order valence-corrected chi connectivity index (χ3v) is 3.70. The van der Waals surface area contributed by atoms with Crippen LogP contribution in [0.3, 0.4) is 0 Å². The van der Waals surface area contributed by atoms with Gasteiger partial charge < -0.3 is 24.7 Å². The number of carboxylic acid groups (broad SMARTS) is 1. The number of ether oxygens (including phenoxy) is 2. The van der Waals surface area contributed by atoms with Crippen molar-refractivity contribution in [2.24, 2.45) is 0 Å². The number of rotatable bonds is 5. The number of benzene rings is 1. The second-order valence-corrected chi connectivity index (χ2v) is 5.24. The van der Waals surface area contributed by atoms with Crippen LogP contribution < -0.4 is 15.0 Å². The lowest BCUT2D eigenvalue weighted by molar-refractivity contribution is 0.0691. The van der Waals surface area contributed by atoms with Crippen LogP contribution in [0.1, 0.15) is 16.1 Å². The summed E-state index contributed by atoms with van der Waals surface area (Å²) in [7, 11) is 3.02. The molecule has 0 aliphatic rings. The minimum absolute atomic E-state index is 0.0208. The molecule has 0 atom stereocenters. The first-order valence-corrected chi connectivity index (χ1v) is 7.21. The molecule has 0 spiro atoms. The Morgan fingerprint density at radius 1 is 1.24 bits per heavy atom. The van der Waals surface area contributed by atoms with Crippen molar-refractivity contribution in [1.29, 1.82) is 0 Å². The standard InChI is InChI=1S/C16H15N3O6/c1-24-10-4-3-8(5-11(10)25-2)7-19-15-13(14(18-19)16(22)23)9(20)6-12(21)17-15/h3-6H,7H2,1-2H3,(H,22,23)(H2,17,20,21). The van der Waals surface area contributed by atoms with Gasteiger partial charge in [-0.3, -0.25) is 4.79 Å². The molecule has 2 heterocycles. The Hall–Kier alpha value is -3.49. The van der Waals surface area contributed by atoms with E-state index in [-0.39, 0.29) is 23.3 Å². The van der Waals surface area contributed by atoms with Crippen molar-refractivity contribution in [2.45, 2.75) is 6.54 Å². The Morgan fingerprint density at radius 2 is 1.96 bits per heavy atom. The van der Waals surface area contributed by atoms with E-state index < -0.39 is 17.3 Å². The maximum atomic E-state index is 11.6. The molecule has 25 heavy (non-hydrogen) atoms. The molecule has 0 fully saturated rings. The minimum atomic E-state index is -1.31. The molecule has 3 rings (SSSR count). The average Bonchev–Trinajstić information content (AvgIpc) is 2.93. The van der Waals surface area contributed by atoms with Crippen molar-refractivity contribution in [3.63, 3.8) is 0 Å². The highest BCUT2D eigenvalue weighted by Crippen LogP contribution is 2.29. The number of nitrogens with one attached hydrogen (secondary N) is 1. The molecule has 130 valence electrons. The molecule has 0 aliphatic carbocycles. The summed E-state index contributed by atoms with van der Waals surface area (Å²) < 4.78 is 11.7. The van der Waals surface area contributed by atoms with Crippen LogP contribution in [0.15, 0.2) is 29.1 Å². The van der Waals surface area contributed by atoms with E-state index in [1.54, 1.807) is 18.2 Å². The first-order valence-electron chi connectivity index (χ1n) is 7.21. The summed E-state index contributed by atoms with van der Waals surface area (Å²) in [5.41, 5.74) is -0.0417. The molecule has 3 N–H and O–H groups in total. The molecule has 9 heteroatoms. The van der Waals surface area contributed by atoms with E-state index in [9.17, 15) is 19.8 Å². The number of nitrogens with zero attached hydrogens (tertiary/aromatic N) is 2. The summed E-state index contributed by atoms with van der Waals surface area (Å²) in [6.07, 6.45) is 0. The lowest BCUT2D eigenvalue weighted by Crippen LogP contribution is -2.08. The zero-order valence-electron chi connectivity index (χ0n) is 13.4. The van der Waals surface area contributed by atoms with Gasteiger partial charge >= 0.3 is 5.97 Å². The number of carbonyl (C=O) groups is 1. The Balaban J connectivity index is 2.13. The maximum Gasteiger partial charge on any atom is 0.357 e. The van der Waals surface area contributed by atoms with Gasteiger partial charge in [-0.05, 0) is 17.7 Å². The van der Waals surface area contributed by atoms with E-state index in [0.29, 0.717) is 11.5 Å². The fraction of sp³-hybridized carbons (Fsp3) is 0.188. The van der Waals surface area contributed by atoms with Crippen molar-refractivity contribution in [3.05, 3.63) is 45.9 Å². The molecule has 0 saturated carbocycles. The van der Waals surface area contributed by atoms with Crippen LogP contribution in [0.2, 0.25) is 0 Å². The summed E-state index contributed by atoms with van der Waals surface area (Å²) in [5.74, 6) is -0.687. The Bertz CT molecular complexity index is 1020. The molecule has 0 unspecified atom stereocenters. The molecule has 2 aromatic heterocycles. The fourth-order valence-electron chi connectivity index (χ4n) is 2.60. The van der Waals surface area contributed by atoms with Crippen molar-refractivity contribution in [2.75, 3.05) is 14.2 Å². The second-order valence-electron chi connectivity index (χ2n) is 5.24. The molecular formula is C16H15N3O6. The molecule has 0 saturated heterocycles. The quantitative estimate of drug-likeness (QED) is 0.634. The van der Waals surface area contributed by atoms with Crippen LogP contribution in [0, 0.1) is 0 Å². The third kappa shape index (κ3) is 2.87. The Labute approximate surface area is 141 Å². The van der Waals surface area contributed by atoms with Crippen molar-refractivity contribution in [1.82, 2.24) is 14.8 Å². The zero-order chi connectivity index (χ0) is 18.1. The predicted octanol–water partition coefficient (Wildman–Crippen LogP) is 1.19. The summed E-state index contributed by atoms with van der Waals surface area (Å²) in [6, 6.07) is 6.10. The smallest absolute Gasteiger partial charge is 0.357 e. The van der Waals surface area contributed by atoms with Gasteiger partial charge in [-0.25, -0.2) is 9.48 Å². The first kappa shape index (κ1) is 16.4. The van der Waals surface area contributed by atoms with E-state index in [1.165, 1.54) is 18.9 Å². The van der Waals surface area contributed by atoms with Gasteiger partial charge in [-0.15, -0.1) is 0 Å². The monoisotopic (exact) mass is 345 g/mol. The average molecular weight is 345 g/mol. The van der Waals surface area contributed by atoms with Crippen LogP contribution in [0.25, 0.3) is 11.0 Å². The number of hydrogen-bond donors (Lipinski definition) is 3. The van der Waals surface area contributed by atoms with Gasteiger partial charge in [0.05, 0.1) is 26.2 Å². The molecule has 0 amide bonds. The molecular weight excluding hydrogens is 330 g/mol. The number of pyridine rings is 1. The van der Waals surface area contributed by atoms with Crippen LogP contribution in [0.5, 0.6) is 17.2 Å². The van der Waals surface area contributed by atoms with Crippen LogP contribution in [-0.2, 0) is 6.54 Å². The maximum absolute atomic E-state index is 11.6. The SMILES string of the molecule is COc1ccc(Cn2nc(C(=O)O)c3c(O)cc(=O)[nH]c32)cc1OC. The normalized spacial score (nSPS) is 10.8. The summed E-state index contributed by atoms with van der Waals surface area (Å²) in [6.45, 7) is 0.156. The largest absolute Gasteiger partial charge is 0.507 e. The van der Waals surface area contributed by atoms with Crippen molar-refractivity contribution < 1.29 is 24.5 Å². The topological polar surface area (TPSA) is 127 Å². The van der Waals surface area contributed by atoms with Crippen molar-refractivity contribution >= 4 is 17.0 Å². The molecule has 3 aromatic rings. The molecule has 0 bridgehead atoms. The van der Waals surface area contributed by atoms with Gasteiger partial charge in [0, 0.05) is 6.07 Å². The molecule has 1 aromatic carbocycles. The van der Waals surface area contributed by atoms with Gasteiger partial charge in [0.25, 0.3) is 5.56 Å². The number of methoxy groups -OCH3 is 2. The van der Waals surface area contributed by atoms with Gasteiger partial charge in [0.15, 0.2) is 17.2 Å². The van der Waals surface area contributed by atoms with E-state index in [2.05, 4.69) is 10.1 Å². The number of H-pyrrole nitrogens is 1. The Morgan fingerprint density at radius 3 is 2.60 bits per heavy atom. The summed E-state index contributed by atoms with van der Waals surface area (Å²) in [5, 5.41) is 23.2. The highest BCUT2D eigenvalue weighted by atomic mass is 16.5. The van der Waals surface area contributed by atoms with Crippen LogP contribution in [0.4, 0.5) is 0 Å². The first-order chi connectivity index (χ1) is 11.9. The van der Waals surface area contributed by atoms with Gasteiger partial charge in [-0.1, -0.05) is 6.07 Å². The van der Waals surface area contributed by atoms with Gasteiger partial charge in [0.2, 0.25) is 0 Å². The molecule has 9 nitrogen and oxygen atoms in total. The molecule has 0 radical (unpaired) electrons. The van der Waals surface area contributed by atoms with Gasteiger partial charge in [0.1, 0.15) is 11.4 Å². The summed E-state index contributed by atoms with van der Waals surface area (Å²) >= 11 is 0. The second kappa shape index (κ2) is 6.19. The van der Waals surface area contributed by atoms with Crippen molar-refractivity contribution in [3.8, 4) is 17.2 Å². The molecule has 0 aliphatic heterocycles. The van der Waals surface area contributed by atoms with E-state index in [4.69, 9.17) is 9.47 Å². The number of hydrogen-bond acceptors (Lipinski definition) is 6. The van der Waals surface area contributed by atoms with E-state index in [1.807, 2.05) is 0 Å². The lowest BCUT2D eigenvalue weighted by atomic mass is 10.2. The van der Waals surface area contributed by atoms with E-state index >= 15 is 0 Å². The predicted molar refractivity (Wildman–Crippen MR) is 87.6 cm³/mol. The van der Waals surface area contributed by atoms with Crippen LogP contribution in [-0.4, -0.2) is 45.2 Å². The number of fused-ring (bicyclic) bond motifs is 1. The summed E-state index contributed by atoms with van der Waals surface area (Å²) in [4.78, 5) is 25.5. The number of aromatic amines is 1. The fourth-order valence-corrected chi connectivity index (χ4v) is 2.60. The van der Waals surface area contributed by atoms with Crippen LogP contribution >= 0.6 is 0 Å². The third-order valence-electron chi connectivity index (χ3n) is 3.70. The lowest BCUT2D eigenvalue weighted by Gasteiger charge is -2.10. The highest BCUT2D eigenvalue weighted by Gasteiger charge is 2.21. The number of aromatic carboxylic acids is 1. The van der Waals surface area contributed by atoms with Gasteiger partial charge in [-0.2, -0.15) is 5.10 Å². The highest BCUT2D eigenvalue weighted by molar-refractivity contribution is 6.02. The number of carboxylic acids is 1. The minimum Gasteiger partial charge on any atom is -0.507 e.